The number of rotatable bonds is 8. The minimum Gasteiger partial charge on any atom is -0.406 e. The Bertz CT molecular complexity index is 1100. The summed E-state index contributed by atoms with van der Waals surface area (Å²) in [5, 5.41) is 5.27. The Morgan fingerprint density at radius 3 is 2.56 bits per heavy atom. The number of aryl methyl sites for hydroxylation is 1. The third-order valence-electron chi connectivity index (χ3n) is 5.49. The number of ether oxygens (including phenoxy) is 1. The van der Waals surface area contributed by atoms with Crippen LogP contribution in [0.2, 0.25) is 0 Å². The van der Waals surface area contributed by atoms with Crippen molar-refractivity contribution < 1.29 is 32.3 Å². The number of benzene rings is 1. The van der Waals surface area contributed by atoms with Crippen LogP contribution in [-0.4, -0.2) is 47.1 Å². The molecular weight excluding hydrogens is 453 g/mol. The van der Waals surface area contributed by atoms with Gasteiger partial charge in [0.2, 0.25) is 11.8 Å². The van der Waals surface area contributed by atoms with Crippen molar-refractivity contribution >= 4 is 17.7 Å². The van der Waals surface area contributed by atoms with Crippen molar-refractivity contribution in [3.05, 3.63) is 58.4 Å². The largest absolute Gasteiger partial charge is 0.573 e. The SMILES string of the molecule is CC(=O)NCCNC(=O)Cc1nccc2c1CN(C(C)c1ccc(OC(F)(F)F)c(C)c1)C2=O. The lowest BCUT2D eigenvalue weighted by atomic mass is 10.0. The first kappa shape index (κ1) is 25.0. The van der Waals surface area contributed by atoms with E-state index in [-0.39, 0.29) is 43.0 Å². The van der Waals surface area contributed by atoms with E-state index in [1.807, 2.05) is 0 Å². The molecule has 0 saturated carbocycles. The number of alkyl halides is 3. The van der Waals surface area contributed by atoms with Crippen molar-refractivity contribution in [2.24, 2.45) is 0 Å². The van der Waals surface area contributed by atoms with E-state index in [0.717, 1.165) is 0 Å². The number of pyridine rings is 1. The van der Waals surface area contributed by atoms with Crippen LogP contribution in [0.15, 0.2) is 30.5 Å². The van der Waals surface area contributed by atoms with E-state index >= 15 is 0 Å². The van der Waals surface area contributed by atoms with Gasteiger partial charge in [0.25, 0.3) is 5.91 Å². The summed E-state index contributed by atoms with van der Waals surface area (Å²) in [5.74, 6) is -1.02. The molecule has 1 aliphatic heterocycles. The van der Waals surface area contributed by atoms with Crippen molar-refractivity contribution in [2.75, 3.05) is 13.1 Å². The van der Waals surface area contributed by atoms with E-state index in [0.29, 0.717) is 34.5 Å². The first-order valence-corrected chi connectivity index (χ1v) is 10.6. The molecule has 3 rings (SSSR count). The van der Waals surface area contributed by atoms with E-state index in [1.54, 1.807) is 24.0 Å². The van der Waals surface area contributed by atoms with Gasteiger partial charge in [-0.25, -0.2) is 0 Å². The fourth-order valence-corrected chi connectivity index (χ4v) is 3.78. The molecule has 0 bridgehead atoms. The van der Waals surface area contributed by atoms with Crippen LogP contribution < -0.4 is 15.4 Å². The van der Waals surface area contributed by atoms with E-state index in [4.69, 9.17) is 0 Å². The summed E-state index contributed by atoms with van der Waals surface area (Å²) in [7, 11) is 0. The van der Waals surface area contributed by atoms with Gasteiger partial charge in [0.1, 0.15) is 5.75 Å². The highest BCUT2D eigenvalue weighted by molar-refractivity contribution is 5.99. The standard InChI is InChI=1S/C23H25F3N4O4/c1-13-10-16(4-5-20(13)34-23(24,25)26)14(2)30-12-18-17(22(30)33)6-7-28-19(18)11-21(32)29-9-8-27-15(3)31/h4-7,10,14H,8-9,11-12H2,1-3H3,(H,27,31)(H,29,32). The molecule has 8 nitrogen and oxygen atoms in total. The molecule has 11 heteroatoms. The normalized spacial score (nSPS) is 13.9. The highest BCUT2D eigenvalue weighted by Gasteiger charge is 2.35. The maximum absolute atomic E-state index is 13.0. The number of hydrogen-bond donors (Lipinski definition) is 2. The Morgan fingerprint density at radius 2 is 1.91 bits per heavy atom. The van der Waals surface area contributed by atoms with Crippen molar-refractivity contribution in [2.45, 2.75) is 46.1 Å². The molecule has 2 N–H and O–H groups in total. The fourth-order valence-electron chi connectivity index (χ4n) is 3.78. The number of fused-ring (bicyclic) bond motifs is 1. The zero-order valence-corrected chi connectivity index (χ0v) is 19.0. The predicted molar refractivity (Wildman–Crippen MR) is 116 cm³/mol. The van der Waals surface area contributed by atoms with Gasteiger partial charge in [-0.1, -0.05) is 12.1 Å². The van der Waals surface area contributed by atoms with Crippen LogP contribution in [0.5, 0.6) is 5.75 Å². The number of carbonyl (C=O) groups excluding carboxylic acids is 3. The summed E-state index contributed by atoms with van der Waals surface area (Å²) >= 11 is 0. The van der Waals surface area contributed by atoms with Crippen molar-refractivity contribution in [1.29, 1.82) is 0 Å². The summed E-state index contributed by atoms with van der Waals surface area (Å²) in [4.78, 5) is 42.1. The molecule has 34 heavy (non-hydrogen) atoms. The highest BCUT2D eigenvalue weighted by atomic mass is 19.4. The molecule has 1 atom stereocenters. The lowest BCUT2D eigenvalue weighted by molar-refractivity contribution is -0.274. The number of carbonyl (C=O) groups is 3. The zero-order chi connectivity index (χ0) is 25.0. The molecule has 1 aromatic carbocycles. The van der Waals surface area contributed by atoms with Gasteiger partial charge in [-0.3, -0.25) is 19.4 Å². The van der Waals surface area contributed by atoms with E-state index in [2.05, 4.69) is 20.4 Å². The third-order valence-corrected chi connectivity index (χ3v) is 5.49. The molecule has 2 heterocycles. The Hall–Kier alpha value is -3.63. The average molecular weight is 478 g/mol. The van der Waals surface area contributed by atoms with Crippen LogP contribution >= 0.6 is 0 Å². The van der Waals surface area contributed by atoms with Gasteiger partial charge in [0.05, 0.1) is 18.2 Å². The van der Waals surface area contributed by atoms with Crippen molar-refractivity contribution in [3.63, 3.8) is 0 Å². The van der Waals surface area contributed by atoms with E-state index in [1.165, 1.54) is 32.2 Å². The molecule has 0 saturated heterocycles. The molecule has 1 aliphatic rings. The zero-order valence-electron chi connectivity index (χ0n) is 19.0. The second kappa shape index (κ2) is 10.1. The second-order valence-corrected chi connectivity index (χ2v) is 7.98. The first-order valence-electron chi connectivity index (χ1n) is 10.6. The van der Waals surface area contributed by atoms with Crippen LogP contribution in [0.4, 0.5) is 13.2 Å². The summed E-state index contributed by atoms with van der Waals surface area (Å²) in [6, 6.07) is 5.45. The van der Waals surface area contributed by atoms with Gasteiger partial charge in [-0.15, -0.1) is 13.2 Å². The predicted octanol–water partition coefficient (Wildman–Crippen LogP) is 2.80. The molecule has 2 aromatic rings. The molecule has 1 unspecified atom stereocenters. The lowest BCUT2D eigenvalue weighted by Crippen LogP contribution is -2.34. The minimum absolute atomic E-state index is 0.0265. The van der Waals surface area contributed by atoms with Crippen molar-refractivity contribution in [1.82, 2.24) is 20.5 Å². The Kier molecular flexibility index (Phi) is 7.43. The van der Waals surface area contributed by atoms with Crippen LogP contribution in [0.1, 0.15) is 52.6 Å². The van der Waals surface area contributed by atoms with Gasteiger partial charge in [0.15, 0.2) is 0 Å². The maximum Gasteiger partial charge on any atom is 0.573 e. The molecule has 0 spiro atoms. The van der Waals surface area contributed by atoms with Gasteiger partial charge < -0.3 is 20.3 Å². The van der Waals surface area contributed by atoms with Crippen LogP contribution in [0, 0.1) is 6.92 Å². The first-order chi connectivity index (χ1) is 16.0. The van der Waals surface area contributed by atoms with E-state index in [9.17, 15) is 27.6 Å². The summed E-state index contributed by atoms with van der Waals surface area (Å²) < 4.78 is 41.7. The second-order valence-electron chi connectivity index (χ2n) is 7.98. The van der Waals surface area contributed by atoms with Crippen LogP contribution in [0.3, 0.4) is 0 Å². The minimum atomic E-state index is -4.79. The molecule has 0 radical (unpaired) electrons. The Labute approximate surface area is 194 Å². The third kappa shape index (κ3) is 6.03. The van der Waals surface area contributed by atoms with Crippen molar-refractivity contribution in [3.8, 4) is 5.75 Å². The monoisotopic (exact) mass is 478 g/mol. The fraction of sp³-hybridized carbons (Fsp3) is 0.391. The van der Waals surface area contributed by atoms with E-state index < -0.39 is 12.4 Å². The number of halogens is 3. The smallest absolute Gasteiger partial charge is 0.406 e. The Morgan fingerprint density at radius 1 is 1.21 bits per heavy atom. The highest BCUT2D eigenvalue weighted by Crippen LogP contribution is 2.34. The number of aromatic nitrogens is 1. The maximum atomic E-state index is 13.0. The summed E-state index contributed by atoms with van der Waals surface area (Å²) in [6.45, 7) is 5.46. The molecule has 1 aromatic heterocycles. The van der Waals surface area contributed by atoms with Crippen LogP contribution in [0.25, 0.3) is 0 Å². The number of nitrogens with one attached hydrogen (secondary N) is 2. The molecule has 0 aliphatic carbocycles. The number of nitrogens with zero attached hydrogens (tertiary/aromatic N) is 2. The van der Waals surface area contributed by atoms with Crippen LogP contribution in [-0.2, 0) is 22.6 Å². The van der Waals surface area contributed by atoms with Gasteiger partial charge in [-0.05, 0) is 37.1 Å². The molecule has 3 amide bonds. The summed E-state index contributed by atoms with van der Waals surface area (Å²) in [5.41, 5.74) is 2.51. The summed E-state index contributed by atoms with van der Waals surface area (Å²) in [6.07, 6.45) is -3.34. The molecule has 0 fully saturated rings. The quantitative estimate of drug-likeness (QED) is 0.569. The molecule has 182 valence electrons. The average Bonchev–Trinajstić information content (AvgIpc) is 3.09. The molecular formula is C23H25F3N4O4. The number of amides is 3. The van der Waals surface area contributed by atoms with Gasteiger partial charge >= 0.3 is 6.36 Å². The topological polar surface area (TPSA) is 101 Å². The lowest BCUT2D eigenvalue weighted by Gasteiger charge is -2.25. The van der Waals surface area contributed by atoms with Gasteiger partial charge in [0, 0.05) is 43.9 Å². The van der Waals surface area contributed by atoms with Gasteiger partial charge in [-0.2, -0.15) is 0 Å². The number of hydrogen-bond acceptors (Lipinski definition) is 5. The Balaban J connectivity index is 1.71.